The number of sulfonamides is 1. The minimum Gasteiger partial charge on any atom is -0.497 e. The molecule has 0 aromatic heterocycles. The van der Waals surface area contributed by atoms with Gasteiger partial charge in [-0.25, -0.2) is 8.42 Å². The van der Waals surface area contributed by atoms with Crippen LogP contribution in [0.15, 0.2) is 59.5 Å². The zero-order chi connectivity index (χ0) is 19.9. The molecule has 0 aliphatic heterocycles. The summed E-state index contributed by atoms with van der Waals surface area (Å²) in [5, 5.41) is 2.89. The van der Waals surface area contributed by atoms with Gasteiger partial charge in [-0.3, -0.25) is 9.10 Å². The van der Waals surface area contributed by atoms with E-state index in [2.05, 4.69) is 5.32 Å². The Morgan fingerprint density at radius 2 is 1.74 bits per heavy atom. The van der Waals surface area contributed by atoms with Crippen molar-refractivity contribution in [2.24, 2.45) is 0 Å². The highest BCUT2D eigenvalue weighted by Crippen LogP contribution is 2.26. The first-order valence-electron chi connectivity index (χ1n) is 8.93. The second-order valence-corrected chi connectivity index (χ2v) is 7.97. The third kappa shape index (κ3) is 5.23. The summed E-state index contributed by atoms with van der Waals surface area (Å²) < 4.78 is 32.7. The zero-order valence-electron chi connectivity index (χ0n) is 15.9. The lowest BCUT2D eigenvalue weighted by atomic mass is 10.2. The topological polar surface area (TPSA) is 75.7 Å². The van der Waals surface area contributed by atoms with Crippen LogP contribution in [0.3, 0.4) is 0 Å². The molecule has 6 nitrogen and oxygen atoms in total. The molecule has 0 spiro atoms. The van der Waals surface area contributed by atoms with Gasteiger partial charge in [-0.2, -0.15) is 0 Å². The van der Waals surface area contributed by atoms with Crippen LogP contribution in [0.1, 0.15) is 26.7 Å². The minimum atomic E-state index is -3.91. The summed E-state index contributed by atoms with van der Waals surface area (Å²) in [6, 6.07) is 14.8. The Morgan fingerprint density at radius 3 is 2.33 bits per heavy atom. The lowest BCUT2D eigenvalue weighted by Gasteiger charge is -2.25. The predicted octanol–water partition coefficient (Wildman–Crippen LogP) is 3.20. The van der Waals surface area contributed by atoms with Gasteiger partial charge in [-0.15, -0.1) is 0 Å². The van der Waals surface area contributed by atoms with Crippen molar-refractivity contribution in [3.05, 3.63) is 54.6 Å². The fourth-order valence-electron chi connectivity index (χ4n) is 2.70. The van der Waals surface area contributed by atoms with Crippen LogP contribution in [0, 0.1) is 0 Å². The number of carbonyl (C=O) groups is 1. The molecule has 0 unspecified atom stereocenters. The van der Waals surface area contributed by atoms with E-state index in [1.165, 1.54) is 19.2 Å². The van der Waals surface area contributed by atoms with Crippen LogP contribution in [0.25, 0.3) is 0 Å². The first-order valence-corrected chi connectivity index (χ1v) is 10.4. The number of methoxy groups -OCH3 is 1. The van der Waals surface area contributed by atoms with Crippen molar-refractivity contribution in [1.82, 2.24) is 5.32 Å². The molecule has 0 aliphatic rings. The predicted molar refractivity (Wildman–Crippen MR) is 106 cm³/mol. The molecule has 1 amide bonds. The maximum Gasteiger partial charge on any atom is 0.264 e. The zero-order valence-corrected chi connectivity index (χ0v) is 16.7. The highest BCUT2D eigenvalue weighted by molar-refractivity contribution is 7.92. The van der Waals surface area contributed by atoms with E-state index in [1.807, 2.05) is 13.8 Å². The Bertz CT molecular complexity index is 849. The maximum absolute atomic E-state index is 13.2. The van der Waals surface area contributed by atoms with E-state index in [0.29, 0.717) is 11.4 Å². The molecule has 0 aliphatic carbocycles. The summed E-state index contributed by atoms with van der Waals surface area (Å²) in [4.78, 5) is 12.7. The van der Waals surface area contributed by atoms with Gasteiger partial charge in [0.15, 0.2) is 0 Å². The van der Waals surface area contributed by atoms with Crippen molar-refractivity contribution in [2.75, 3.05) is 18.0 Å². The molecule has 0 bridgehead atoms. The van der Waals surface area contributed by atoms with Gasteiger partial charge in [0.05, 0.1) is 17.7 Å². The number of hydrogen-bond acceptors (Lipinski definition) is 4. The third-order valence-corrected chi connectivity index (χ3v) is 6.10. The summed E-state index contributed by atoms with van der Waals surface area (Å²) in [7, 11) is -2.40. The van der Waals surface area contributed by atoms with Crippen LogP contribution >= 0.6 is 0 Å². The fourth-order valence-corrected chi connectivity index (χ4v) is 4.13. The number of hydrogen-bond donors (Lipinski definition) is 1. The molecule has 2 aromatic carbocycles. The molecule has 1 N–H and O–H groups in total. The van der Waals surface area contributed by atoms with Crippen molar-refractivity contribution in [3.63, 3.8) is 0 Å². The van der Waals surface area contributed by atoms with Crippen LogP contribution in [0.4, 0.5) is 5.69 Å². The van der Waals surface area contributed by atoms with Gasteiger partial charge in [0.2, 0.25) is 5.91 Å². The van der Waals surface area contributed by atoms with Crippen molar-refractivity contribution < 1.29 is 17.9 Å². The minimum absolute atomic E-state index is 0.0177. The molecule has 0 radical (unpaired) electrons. The van der Waals surface area contributed by atoms with Crippen LogP contribution in [-0.2, 0) is 14.8 Å². The number of benzene rings is 2. The van der Waals surface area contributed by atoms with Crippen LogP contribution in [0.5, 0.6) is 5.75 Å². The molecule has 2 aromatic rings. The van der Waals surface area contributed by atoms with Gasteiger partial charge in [-0.1, -0.05) is 38.1 Å². The molecule has 0 fully saturated rings. The first kappa shape index (κ1) is 20.8. The monoisotopic (exact) mass is 390 g/mol. The molecular formula is C20H26N2O4S. The standard InChI is InChI=1S/C20H26N2O4S/c1-4-16(5-2)21-20(23)15-22(17-10-9-11-18(14-17)26-3)27(24,25)19-12-7-6-8-13-19/h6-14,16H,4-5,15H2,1-3H3,(H,21,23). The quantitative estimate of drug-likeness (QED) is 0.713. The number of ether oxygens (including phenoxy) is 1. The summed E-state index contributed by atoms with van der Waals surface area (Å²) >= 11 is 0. The van der Waals surface area contributed by atoms with Crippen molar-refractivity contribution in [2.45, 2.75) is 37.6 Å². The van der Waals surface area contributed by atoms with Gasteiger partial charge in [0.25, 0.3) is 10.0 Å². The largest absolute Gasteiger partial charge is 0.497 e. The Hall–Kier alpha value is -2.54. The van der Waals surface area contributed by atoms with Crippen LogP contribution < -0.4 is 14.4 Å². The number of nitrogens with one attached hydrogen (secondary N) is 1. The second-order valence-electron chi connectivity index (χ2n) is 6.11. The first-order chi connectivity index (χ1) is 12.9. The molecule has 0 heterocycles. The van der Waals surface area contributed by atoms with E-state index in [9.17, 15) is 13.2 Å². The summed E-state index contributed by atoms with van der Waals surface area (Å²) in [6.07, 6.45) is 1.57. The lowest BCUT2D eigenvalue weighted by Crippen LogP contribution is -2.44. The number of anilines is 1. The van der Waals surface area contributed by atoms with E-state index in [4.69, 9.17) is 4.74 Å². The number of amides is 1. The van der Waals surface area contributed by atoms with Crippen molar-refractivity contribution in [3.8, 4) is 5.75 Å². The molecule has 2 rings (SSSR count). The van der Waals surface area contributed by atoms with Gasteiger partial charge in [0.1, 0.15) is 12.3 Å². The second kappa shape index (κ2) is 9.41. The molecule has 0 saturated carbocycles. The van der Waals surface area contributed by atoms with E-state index >= 15 is 0 Å². The van der Waals surface area contributed by atoms with Gasteiger partial charge in [-0.05, 0) is 37.1 Å². The fraction of sp³-hybridized carbons (Fsp3) is 0.350. The van der Waals surface area contributed by atoms with Gasteiger partial charge in [0, 0.05) is 12.1 Å². The van der Waals surface area contributed by atoms with Crippen molar-refractivity contribution >= 4 is 21.6 Å². The molecule has 0 atom stereocenters. The SMILES string of the molecule is CCC(CC)NC(=O)CN(c1cccc(OC)c1)S(=O)(=O)c1ccccc1. The number of rotatable bonds is 9. The Labute approximate surface area is 161 Å². The molecule has 7 heteroatoms. The molecule has 146 valence electrons. The Balaban J connectivity index is 2.41. The Morgan fingerprint density at radius 1 is 1.07 bits per heavy atom. The lowest BCUT2D eigenvalue weighted by molar-refractivity contribution is -0.120. The number of carbonyl (C=O) groups excluding carboxylic acids is 1. The third-order valence-electron chi connectivity index (χ3n) is 4.31. The van der Waals surface area contributed by atoms with E-state index in [-0.39, 0.29) is 23.4 Å². The smallest absolute Gasteiger partial charge is 0.264 e. The average Bonchev–Trinajstić information content (AvgIpc) is 2.70. The normalized spacial score (nSPS) is 11.3. The highest BCUT2D eigenvalue weighted by atomic mass is 32.2. The molecule has 27 heavy (non-hydrogen) atoms. The van der Waals surface area contributed by atoms with E-state index in [1.54, 1.807) is 42.5 Å². The summed E-state index contributed by atoms with van der Waals surface area (Å²) in [6.45, 7) is 3.66. The van der Waals surface area contributed by atoms with Crippen LogP contribution in [0.2, 0.25) is 0 Å². The number of nitrogens with zero attached hydrogens (tertiary/aromatic N) is 1. The molecular weight excluding hydrogens is 364 g/mol. The van der Waals surface area contributed by atoms with Gasteiger partial charge >= 0.3 is 0 Å². The highest BCUT2D eigenvalue weighted by Gasteiger charge is 2.27. The maximum atomic E-state index is 13.2. The average molecular weight is 391 g/mol. The van der Waals surface area contributed by atoms with E-state index < -0.39 is 10.0 Å². The van der Waals surface area contributed by atoms with Crippen LogP contribution in [-0.4, -0.2) is 34.0 Å². The summed E-state index contributed by atoms with van der Waals surface area (Å²) in [5.74, 6) is 0.173. The molecule has 0 saturated heterocycles. The van der Waals surface area contributed by atoms with Crippen molar-refractivity contribution in [1.29, 1.82) is 0 Å². The Kier molecular flexibility index (Phi) is 7.24. The van der Waals surface area contributed by atoms with Gasteiger partial charge < -0.3 is 10.1 Å². The van der Waals surface area contributed by atoms with E-state index in [0.717, 1.165) is 17.1 Å². The summed E-state index contributed by atoms with van der Waals surface area (Å²) in [5.41, 5.74) is 0.373.